The van der Waals surface area contributed by atoms with Crippen molar-refractivity contribution in [3.05, 3.63) is 0 Å². The van der Waals surface area contributed by atoms with Gasteiger partial charge in [-0.15, -0.1) is 0 Å². The summed E-state index contributed by atoms with van der Waals surface area (Å²) in [4.78, 5) is 29.0. The second-order valence-electron chi connectivity index (χ2n) is 4.75. The minimum Gasteiger partial charge on any atom is -0.369 e. The van der Waals surface area contributed by atoms with Gasteiger partial charge in [0, 0.05) is 33.6 Å². The number of carbonyl (C=O) groups excluding carboxylic acids is 2. The van der Waals surface area contributed by atoms with Crippen LogP contribution in [0.3, 0.4) is 0 Å². The molecule has 0 bridgehead atoms. The van der Waals surface area contributed by atoms with E-state index >= 15 is 0 Å². The lowest BCUT2D eigenvalue weighted by Gasteiger charge is -2.18. The molecule has 0 radical (unpaired) electrons. The molecule has 2 unspecified atom stereocenters. The highest BCUT2D eigenvalue weighted by Crippen LogP contribution is 2.14. The maximum absolute atomic E-state index is 11.9. The number of primary amides is 1. The van der Waals surface area contributed by atoms with Gasteiger partial charge in [-0.2, -0.15) is 0 Å². The predicted molar refractivity (Wildman–Crippen MR) is 84.7 cm³/mol. The average Bonchev–Trinajstić information content (AvgIpc) is 2.39. The van der Waals surface area contributed by atoms with E-state index in [0.29, 0.717) is 19.4 Å². The third-order valence-electron chi connectivity index (χ3n) is 2.91. The number of nitrogens with zero attached hydrogens (tertiary/aromatic N) is 2. The van der Waals surface area contributed by atoms with E-state index in [2.05, 4.69) is 10.3 Å². The average molecular weight is 302 g/mol. The molecule has 6 nitrogen and oxygen atoms in total. The van der Waals surface area contributed by atoms with Gasteiger partial charge in [-0.3, -0.25) is 14.6 Å². The molecule has 3 N–H and O–H groups in total. The highest BCUT2D eigenvalue weighted by Gasteiger charge is 2.18. The normalized spacial score (nSPS) is 14.6. The van der Waals surface area contributed by atoms with Crippen molar-refractivity contribution >= 4 is 28.7 Å². The molecule has 0 aliphatic heterocycles. The number of rotatable bonds is 7. The Morgan fingerprint density at radius 3 is 2.40 bits per heavy atom. The maximum Gasteiger partial charge on any atom is 0.233 e. The summed E-state index contributed by atoms with van der Waals surface area (Å²) in [5, 5.41) is 3.40. The van der Waals surface area contributed by atoms with Crippen molar-refractivity contribution in [2.45, 2.75) is 31.9 Å². The van der Waals surface area contributed by atoms with Crippen molar-refractivity contribution < 1.29 is 9.59 Å². The summed E-state index contributed by atoms with van der Waals surface area (Å²) in [7, 11) is 5.48. The van der Waals surface area contributed by atoms with Crippen LogP contribution in [0.2, 0.25) is 0 Å². The molecule has 0 fully saturated rings. The molecule has 2 amide bonds. The molecule has 7 heteroatoms. The van der Waals surface area contributed by atoms with Crippen LogP contribution >= 0.6 is 11.8 Å². The molecular weight excluding hydrogens is 276 g/mol. The highest BCUT2D eigenvalue weighted by molar-refractivity contribution is 8.14. The second-order valence-corrected chi connectivity index (χ2v) is 6.06. The van der Waals surface area contributed by atoms with E-state index < -0.39 is 0 Å². The van der Waals surface area contributed by atoms with Gasteiger partial charge in [0.2, 0.25) is 11.8 Å². The summed E-state index contributed by atoms with van der Waals surface area (Å²) in [6, 6.07) is 0. The maximum atomic E-state index is 11.9. The Balaban J connectivity index is 4.18. The van der Waals surface area contributed by atoms with Crippen molar-refractivity contribution in [2.24, 2.45) is 16.6 Å². The standard InChI is InChI=1S/C13H26N4O2S/c1-6-10(11(14)18)7-8-16-12(19)9(2)20-13(15-3)17(4)5/h9-10H,6-8H2,1-5H3,(H2,14,18)(H,16,19). The number of amides is 2. The Labute approximate surface area is 125 Å². The van der Waals surface area contributed by atoms with Crippen LogP contribution in [0.5, 0.6) is 0 Å². The van der Waals surface area contributed by atoms with Crippen LogP contribution in [0.15, 0.2) is 4.99 Å². The van der Waals surface area contributed by atoms with Crippen molar-refractivity contribution in [1.29, 1.82) is 0 Å². The van der Waals surface area contributed by atoms with Gasteiger partial charge in [-0.25, -0.2) is 0 Å². The number of nitrogens with one attached hydrogen (secondary N) is 1. The number of thioether (sulfide) groups is 1. The Morgan fingerprint density at radius 2 is 2.00 bits per heavy atom. The Morgan fingerprint density at radius 1 is 1.40 bits per heavy atom. The molecule has 20 heavy (non-hydrogen) atoms. The number of nitrogens with two attached hydrogens (primary N) is 1. The van der Waals surface area contributed by atoms with E-state index in [0.717, 1.165) is 5.17 Å². The molecule has 2 atom stereocenters. The van der Waals surface area contributed by atoms with Gasteiger partial charge in [-0.1, -0.05) is 18.7 Å². The van der Waals surface area contributed by atoms with Crippen LogP contribution in [0.1, 0.15) is 26.7 Å². The summed E-state index contributed by atoms with van der Waals surface area (Å²) in [6.45, 7) is 4.21. The zero-order valence-corrected chi connectivity index (χ0v) is 13.8. The number of aliphatic imine (C=N–C) groups is 1. The van der Waals surface area contributed by atoms with Crippen LogP contribution in [0, 0.1) is 5.92 Å². The third kappa shape index (κ3) is 6.79. The number of amidine groups is 1. The minimum absolute atomic E-state index is 0.0580. The van der Waals surface area contributed by atoms with E-state index in [9.17, 15) is 9.59 Å². The van der Waals surface area contributed by atoms with Gasteiger partial charge < -0.3 is 16.0 Å². The summed E-state index contributed by atoms with van der Waals surface area (Å²) in [5.41, 5.74) is 5.26. The number of carbonyl (C=O) groups is 2. The second kappa shape index (κ2) is 9.63. The van der Waals surface area contributed by atoms with Gasteiger partial charge in [0.1, 0.15) is 0 Å². The van der Waals surface area contributed by atoms with Crippen LogP contribution in [-0.2, 0) is 9.59 Å². The molecule has 0 spiro atoms. The minimum atomic E-state index is -0.308. The quantitative estimate of drug-likeness (QED) is 0.534. The van der Waals surface area contributed by atoms with Crippen molar-refractivity contribution in [3.63, 3.8) is 0 Å². The van der Waals surface area contributed by atoms with E-state index in [4.69, 9.17) is 5.73 Å². The first-order valence-corrected chi connectivity index (χ1v) is 7.59. The molecule has 0 aliphatic carbocycles. The molecule has 0 aromatic rings. The van der Waals surface area contributed by atoms with Crippen LogP contribution in [0.4, 0.5) is 0 Å². The van der Waals surface area contributed by atoms with E-state index in [-0.39, 0.29) is 23.0 Å². The third-order valence-corrected chi connectivity index (χ3v) is 4.24. The fourth-order valence-corrected chi connectivity index (χ4v) is 2.45. The lowest BCUT2D eigenvalue weighted by Crippen LogP contribution is -2.35. The van der Waals surface area contributed by atoms with Crippen molar-refractivity contribution in [2.75, 3.05) is 27.7 Å². The summed E-state index contributed by atoms with van der Waals surface area (Å²) in [6.07, 6.45) is 1.28. The predicted octanol–water partition coefficient (Wildman–Crippen LogP) is 0.673. The van der Waals surface area contributed by atoms with Crippen molar-refractivity contribution in [3.8, 4) is 0 Å². The van der Waals surface area contributed by atoms with Gasteiger partial charge in [-0.05, 0) is 19.8 Å². The van der Waals surface area contributed by atoms with Gasteiger partial charge in [0.15, 0.2) is 5.17 Å². The van der Waals surface area contributed by atoms with Crippen molar-refractivity contribution in [1.82, 2.24) is 10.2 Å². The van der Waals surface area contributed by atoms with E-state index in [1.807, 2.05) is 32.8 Å². The van der Waals surface area contributed by atoms with E-state index in [1.165, 1.54) is 11.8 Å². The molecule has 0 saturated heterocycles. The lowest BCUT2D eigenvalue weighted by molar-refractivity contribution is -0.123. The molecule has 0 heterocycles. The number of hydrogen-bond acceptors (Lipinski definition) is 4. The SMILES string of the molecule is CCC(CCNC(=O)C(C)SC(=NC)N(C)C)C(N)=O. The fourth-order valence-electron chi connectivity index (χ4n) is 1.63. The molecule has 0 rings (SSSR count). The van der Waals surface area contributed by atoms with Gasteiger partial charge in [0.05, 0.1) is 5.25 Å². The molecule has 0 aromatic carbocycles. The Kier molecular flexibility index (Phi) is 9.03. The van der Waals surface area contributed by atoms with Crippen LogP contribution in [-0.4, -0.2) is 54.8 Å². The first-order valence-electron chi connectivity index (χ1n) is 6.71. The largest absolute Gasteiger partial charge is 0.369 e. The number of hydrogen-bond donors (Lipinski definition) is 2. The topological polar surface area (TPSA) is 87.8 Å². The smallest absolute Gasteiger partial charge is 0.233 e. The molecule has 0 saturated carbocycles. The summed E-state index contributed by atoms with van der Waals surface area (Å²) in [5.74, 6) is -0.540. The molecule has 0 aromatic heterocycles. The fraction of sp³-hybridized carbons (Fsp3) is 0.769. The van der Waals surface area contributed by atoms with Crippen LogP contribution < -0.4 is 11.1 Å². The molecular formula is C13H26N4O2S. The Bertz CT molecular complexity index is 358. The van der Waals surface area contributed by atoms with Crippen LogP contribution in [0.25, 0.3) is 0 Å². The zero-order chi connectivity index (χ0) is 15.7. The Hall–Kier alpha value is -1.24. The molecule has 0 aliphatic rings. The summed E-state index contributed by atoms with van der Waals surface area (Å²) >= 11 is 1.40. The van der Waals surface area contributed by atoms with Gasteiger partial charge >= 0.3 is 0 Å². The monoisotopic (exact) mass is 302 g/mol. The first kappa shape index (κ1) is 18.8. The molecule has 116 valence electrons. The zero-order valence-electron chi connectivity index (χ0n) is 13.0. The van der Waals surface area contributed by atoms with Gasteiger partial charge in [0.25, 0.3) is 0 Å². The summed E-state index contributed by atoms with van der Waals surface area (Å²) < 4.78 is 0. The van der Waals surface area contributed by atoms with E-state index in [1.54, 1.807) is 7.05 Å². The highest BCUT2D eigenvalue weighted by atomic mass is 32.2. The first-order chi connectivity index (χ1) is 9.33. The lowest BCUT2D eigenvalue weighted by atomic mass is 10.0.